The van der Waals surface area contributed by atoms with Gasteiger partial charge in [0.25, 0.3) is 0 Å². The molecule has 0 radical (unpaired) electrons. The summed E-state index contributed by atoms with van der Waals surface area (Å²) >= 11 is 0. The number of aromatic nitrogens is 2. The number of carbonyl (C=O) groups is 2. The van der Waals surface area contributed by atoms with E-state index in [1.54, 1.807) is 30.3 Å². The van der Waals surface area contributed by atoms with Gasteiger partial charge < -0.3 is 15.4 Å². The van der Waals surface area contributed by atoms with Crippen LogP contribution in [0.5, 0.6) is 11.6 Å². The highest BCUT2D eigenvalue weighted by atomic mass is 16.5. The second-order valence-corrected chi connectivity index (χ2v) is 6.33. The molecule has 1 heterocycles. The summed E-state index contributed by atoms with van der Waals surface area (Å²) in [7, 11) is 0. The van der Waals surface area contributed by atoms with E-state index in [4.69, 9.17) is 4.74 Å². The summed E-state index contributed by atoms with van der Waals surface area (Å²) < 4.78 is 5.60. The third-order valence-corrected chi connectivity index (χ3v) is 3.92. The van der Waals surface area contributed by atoms with Crippen molar-refractivity contribution in [2.24, 2.45) is 0 Å². The van der Waals surface area contributed by atoms with Crippen LogP contribution in [0.1, 0.15) is 17.7 Å². The molecule has 0 spiro atoms. The maximum atomic E-state index is 12.0. The number of aromatic amines is 1. The summed E-state index contributed by atoms with van der Waals surface area (Å²) in [5.74, 6) is 0.837. The Hall–Kier alpha value is -3.61. The second-order valence-electron chi connectivity index (χ2n) is 6.33. The Balaban J connectivity index is 1.39. The SMILES string of the molecule is Cc1cc(Oc2ccc(NC(=O)CCNC(=O)Cc3ccccc3)cc2)n[nH]1. The smallest absolute Gasteiger partial charge is 0.238 e. The summed E-state index contributed by atoms with van der Waals surface area (Å²) in [4.78, 5) is 23.9. The van der Waals surface area contributed by atoms with Crippen LogP contribution in [0.4, 0.5) is 5.69 Å². The van der Waals surface area contributed by atoms with E-state index in [0.29, 0.717) is 23.7 Å². The molecule has 0 aliphatic rings. The molecule has 2 amide bonds. The number of benzene rings is 2. The molecule has 0 aliphatic carbocycles. The van der Waals surface area contributed by atoms with Crippen LogP contribution >= 0.6 is 0 Å². The number of carbonyl (C=O) groups excluding carboxylic acids is 2. The number of hydrogen-bond acceptors (Lipinski definition) is 4. The molecule has 0 saturated heterocycles. The van der Waals surface area contributed by atoms with Gasteiger partial charge in [-0.15, -0.1) is 5.10 Å². The lowest BCUT2D eigenvalue weighted by Crippen LogP contribution is -2.28. The van der Waals surface area contributed by atoms with Crippen molar-refractivity contribution in [2.45, 2.75) is 19.8 Å². The number of ether oxygens (including phenoxy) is 1. The van der Waals surface area contributed by atoms with Gasteiger partial charge in [-0.05, 0) is 36.8 Å². The predicted molar refractivity (Wildman–Crippen MR) is 106 cm³/mol. The zero-order valence-corrected chi connectivity index (χ0v) is 15.6. The molecule has 3 N–H and O–H groups in total. The third kappa shape index (κ3) is 5.98. The van der Waals surface area contributed by atoms with E-state index in [1.165, 1.54) is 0 Å². The molecule has 0 fully saturated rings. The molecular formula is C21H22N4O3. The molecule has 0 unspecified atom stereocenters. The molecule has 28 heavy (non-hydrogen) atoms. The largest absolute Gasteiger partial charge is 0.438 e. The number of nitrogens with zero attached hydrogens (tertiary/aromatic N) is 1. The van der Waals surface area contributed by atoms with Gasteiger partial charge in [-0.25, -0.2) is 0 Å². The third-order valence-electron chi connectivity index (χ3n) is 3.92. The molecule has 0 aliphatic heterocycles. The molecule has 144 valence electrons. The maximum absolute atomic E-state index is 12.0. The highest BCUT2D eigenvalue weighted by Gasteiger charge is 2.06. The van der Waals surface area contributed by atoms with Gasteiger partial charge in [0.1, 0.15) is 5.75 Å². The van der Waals surface area contributed by atoms with Crippen LogP contribution in [0.25, 0.3) is 0 Å². The Bertz CT molecular complexity index is 920. The number of rotatable bonds is 8. The van der Waals surface area contributed by atoms with Crippen molar-refractivity contribution in [1.82, 2.24) is 15.5 Å². The monoisotopic (exact) mass is 378 g/mol. The number of hydrogen-bond donors (Lipinski definition) is 3. The molecule has 1 aromatic heterocycles. The van der Waals surface area contributed by atoms with Gasteiger partial charge in [-0.3, -0.25) is 14.7 Å². The van der Waals surface area contributed by atoms with E-state index >= 15 is 0 Å². The summed E-state index contributed by atoms with van der Waals surface area (Å²) in [6.07, 6.45) is 0.505. The maximum Gasteiger partial charge on any atom is 0.238 e. The Labute approximate surface area is 163 Å². The van der Waals surface area contributed by atoms with E-state index in [9.17, 15) is 9.59 Å². The fourth-order valence-electron chi connectivity index (χ4n) is 2.56. The van der Waals surface area contributed by atoms with Crippen LogP contribution in [0.2, 0.25) is 0 Å². The van der Waals surface area contributed by atoms with Crippen molar-refractivity contribution in [1.29, 1.82) is 0 Å². The number of aryl methyl sites for hydroxylation is 1. The summed E-state index contributed by atoms with van der Waals surface area (Å²) in [6.45, 7) is 2.18. The van der Waals surface area contributed by atoms with Crippen molar-refractivity contribution in [2.75, 3.05) is 11.9 Å². The number of amides is 2. The molecule has 2 aromatic carbocycles. The lowest BCUT2D eigenvalue weighted by Gasteiger charge is -2.08. The standard InChI is InChI=1S/C21H22N4O3/c1-15-13-21(25-24-15)28-18-9-7-17(8-10-18)23-19(26)11-12-22-20(27)14-16-5-3-2-4-6-16/h2-10,13H,11-12,14H2,1H3,(H,22,27)(H,23,26)(H,24,25). The lowest BCUT2D eigenvalue weighted by atomic mass is 10.1. The highest BCUT2D eigenvalue weighted by molar-refractivity contribution is 5.91. The minimum Gasteiger partial charge on any atom is -0.438 e. The first kappa shape index (κ1) is 19.2. The molecule has 7 heteroatoms. The Kier molecular flexibility index (Phi) is 6.41. The predicted octanol–water partition coefficient (Wildman–Crippen LogP) is 3.20. The summed E-state index contributed by atoms with van der Waals surface area (Å²) in [5.41, 5.74) is 2.51. The van der Waals surface area contributed by atoms with Crippen LogP contribution in [0.15, 0.2) is 60.7 Å². The van der Waals surface area contributed by atoms with Gasteiger partial charge in [0.2, 0.25) is 17.7 Å². The quantitative estimate of drug-likeness (QED) is 0.561. The van der Waals surface area contributed by atoms with E-state index in [0.717, 1.165) is 11.3 Å². The molecule has 7 nitrogen and oxygen atoms in total. The van der Waals surface area contributed by atoms with Crippen LogP contribution in [0, 0.1) is 6.92 Å². The van der Waals surface area contributed by atoms with Crippen LogP contribution in [-0.2, 0) is 16.0 Å². The van der Waals surface area contributed by atoms with Gasteiger partial charge >= 0.3 is 0 Å². The van der Waals surface area contributed by atoms with E-state index in [-0.39, 0.29) is 24.8 Å². The van der Waals surface area contributed by atoms with Gasteiger partial charge in [0.15, 0.2) is 0 Å². The first-order chi connectivity index (χ1) is 13.6. The molecule has 0 bridgehead atoms. The van der Waals surface area contributed by atoms with E-state index < -0.39 is 0 Å². The Morgan fingerprint density at radius 1 is 1.04 bits per heavy atom. The number of nitrogens with one attached hydrogen (secondary N) is 3. The topological polar surface area (TPSA) is 96.1 Å². The number of anilines is 1. The molecule has 3 rings (SSSR count). The fraction of sp³-hybridized carbons (Fsp3) is 0.190. The van der Waals surface area contributed by atoms with Crippen molar-refractivity contribution < 1.29 is 14.3 Å². The molecular weight excluding hydrogens is 356 g/mol. The number of H-pyrrole nitrogens is 1. The zero-order valence-electron chi connectivity index (χ0n) is 15.6. The van der Waals surface area contributed by atoms with Gasteiger partial charge in [-0.1, -0.05) is 30.3 Å². The average molecular weight is 378 g/mol. The lowest BCUT2D eigenvalue weighted by molar-refractivity contribution is -0.120. The average Bonchev–Trinajstić information content (AvgIpc) is 3.09. The minimum absolute atomic E-state index is 0.103. The molecule has 0 atom stereocenters. The second kappa shape index (κ2) is 9.36. The Morgan fingerprint density at radius 3 is 2.46 bits per heavy atom. The van der Waals surface area contributed by atoms with Crippen molar-refractivity contribution >= 4 is 17.5 Å². The fourth-order valence-corrected chi connectivity index (χ4v) is 2.56. The van der Waals surface area contributed by atoms with Crippen molar-refractivity contribution in [3.05, 3.63) is 71.9 Å². The molecule has 3 aromatic rings. The van der Waals surface area contributed by atoms with E-state index in [1.807, 2.05) is 37.3 Å². The van der Waals surface area contributed by atoms with Gasteiger partial charge in [0, 0.05) is 30.4 Å². The van der Waals surface area contributed by atoms with Crippen LogP contribution in [-0.4, -0.2) is 28.6 Å². The van der Waals surface area contributed by atoms with Gasteiger partial charge in [-0.2, -0.15) is 0 Å². The summed E-state index contributed by atoms with van der Waals surface area (Å²) in [6, 6.07) is 18.3. The zero-order chi connectivity index (χ0) is 19.8. The van der Waals surface area contributed by atoms with Gasteiger partial charge in [0.05, 0.1) is 6.42 Å². The van der Waals surface area contributed by atoms with Crippen LogP contribution < -0.4 is 15.4 Å². The first-order valence-electron chi connectivity index (χ1n) is 8.99. The molecule has 0 saturated carbocycles. The van der Waals surface area contributed by atoms with E-state index in [2.05, 4.69) is 20.8 Å². The Morgan fingerprint density at radius 2 is 1.79 bits per heavy atom. The van der Waals surface area contributed by atoms with Crippen molar-refractivity contribution in [3.8, 4) is 11.6 Å². The summed E-state index contributed by atoms with van der Waals surface area (Å²) in [5, 5.41) is 12.4. The highest BCUT2D eigenvalue weighted by Crippen LogP contribution is 2.21. The van der Waals surface area contributed by atoms with Crippen LogP contribution in [0.3, 0.4) is 0 Å². The normalized spacial score (nSPS) is 10.3. The first-order valence-corrected chi connectivity index (χ1v) is 8.99. The minimum atomic E-state index is -0.170. The van der Waals surface area contributed by atoms with Crippen molar-refractivity contribution in [3.63, 3.8) is 0 Å².